The quantitative estimate of drug-likeness (QED) is 0.740. The number of rotatable bonds is 5. The third-order valence-electron chi connectivity index (χ3n) is 2.96. The second kappa shape index (κ2) is 5.27. The molecule has 4 nitrogen and oxygen atoms in total. The van der Waals surface area contributed by atoms with E-state index in [1.54, 1.807) is 0 Å². The van der Waals surface area contributed by atoms with Crippen molar-refractivity contribution in [1.82, 2.24) is 4.90 Å². The second-order valence-corrected chi connectivity index (χ2v) is 6.76. The highest BCUT2D eigenvalue weighted by Gasteiger charge is 2.32. The Bertz CT molecular complexity index is 288. The first-order valence-corrected chi connectivity index (χ1v) is 7.44. The van der Waals surface area contributed by atoms with E-state index in [1.807, 2.05) is 0 Å². The molecule has 2 N–H and O–H groups in total. The van der Waals surface area contributed by atoms with Gasteiger partial charge in [0.2, 0.25) is 0 Å². The number of sulfone groups is 1. The van der Waals surface area contributed by atoms with E-state index in [2.05, 4.69) is 18.7 Å². The van der Waals surface area contributed by atoms with Crippen LogP contribution in [0.5, 0.6) is 0 Å². The van der Waals surface area contributed by atoms with E-state index in [0.717, 1.165) is 19.4 Å². The van der Waals surface area contributed by atoms with Crippen LogP contribution in [0.3, 0.4) is 0 Å². The van der Waals surface area contributed by atoms with Crippen LogP contribution in [0.25, 0.3) is 0 Å². The van der Waals surface area contributed by atoms with Gasteiger partial charge in [-0.05, 0) is 39.8 Å². The standard InChI is InChI=1S/C10H22N2O2S/c1-9(2)12(6-3-5-11)10-4-7-15(13,14)8-10/h9-10H,3-8,11H2,1-2H3. The molecule has 1 aliphatic rings. The van der Waals surface area contributed by atoms with Gasteiger partial charge in [0.25, 0.3) is 0 Å². The second-order valence-electron chi connectivity index (χ2n) is 4.53. The first-order chi connectivity index (χ1) is 6.96. The smallest absolute Gasteiger partial charge is 0.151 e. The Morgan fingerprint density at radius 2 is 2.13 bits per heavy atom. The maximum atomic E-state index is 11.4. The van der Waals surface area contributed by atoms with Gasteiger partial charge in [-0.15, -0.1) is 0 Å². The summed E-state index contributed by atoms with van der Waals surface area (Å²) in [5.74, 6) is 0.680. The van der Waals surface area contributed by atoms with Crippen LogP contribution in [0.1, 0.15) is 26.7 Å². The molecule has 0 amide bonds. The highest BCUT2D eigenvalue weighted by Crippen LogP contribution is 2.19. The zero-order chi connectivity index (χ0) is 11.5. The van der Waals surface area contributed by atoms with Crippen LogP contribution in [-0.4, -0.2) is 50.0 Å². The largest absolute Gasteiger partial charge is 0.330 e. The summed E-state index contributed by atoms with van der Waals surface area (Å²) in [6, 6.07) is 0.608. The lowest BCUT2D eigenvalue weighted by Gasteiger charge is -2.31. The van der Waals surface area contributed by atoms with E-state index in [1.165, 1.54) is 0 Å². The maximum absolute atomic E-state index is 11.4. The Hall–Kier alpha value is -0.130. The van der Waals surface area contributed by atoms with Crippen molar-refractivity contribution < 1.29 is 8.42 Å². The fourth-order valence-corrected chi connectivity index (χ4v) is 3.92. The van der Waals surface area contributed by atoms with Gasteiger partial charge in [-0.3, -0.25) is 4.90 Å². The summed E-state index contributed by atoms with van der Waals surface area (Å²) in [6.07, 6.45) is 1.72. The summed E-state index contributed by atoms with van der Waals surface area (Å²) >= 11 is 0. The Morgan fingerprint density at radius 3 is 2.53 bits per heavy atom. The van der Waals surface area contributed by atoms with Crippen molar-refractivity contribution in [3.63, 3.8) is 0 Å². The van der Waals surface area contributed by atoms with Gasteiger partial charge in [0.05, 0.1) is 11.5 Å². The molecule has 0 saturated carbocycles. The van der Waals surface area contributed by atoms with Gasteiger partial charge in [-0.25, -0.2) is 8.42 Å². The molecule has 1 unspecified atom stereocenters. The topological polar surface area (TPSA) is 63.4 Å². The predicted molar refractivity (Wildman–Crippen MR) is 62.6 cm³/mol. The van der Waals surface area contributed by atoms with Crippen molar-refractivity contribution >= 4 is 9.84 Å². The molecule has 1 aliphatic heterocycles. The van der Waals surface area contributed by atoms with Gasteiger partial charge in [0, 0.05) is 12.1 Å². The number of nitrogens with zero attached hydrogens (tertiary/aromatic N) is 1. The monoisotopic (exact) mass is 234 g/mol. The van der Waals surface area contributed by atoms with Crippen molar-refractivity contribution in [3.8, 4) is 0 Å². The van der Waals surface area contributed by atoms with Crippen molar-refractivity contribution in [2.45, 2.75) is 38.8 Å². The molecular weight excluding hydrogens is 212 g/mol. The minimum Gasteiger partial charge on any atom is -0.330 e. The third-order valence-corrected chi connectivity index (χ3v) is 4.71. The molecule has 1 heterocycles. The fourth-order valence-electron chi connectivity index (χ4n) is 2.17. The molecule has 1 atom stereocenters. The Balaban J connectivity index is 2.57. The Kier molecular flexibility index (Phi) is 4.55. The third kappa shape index (κ3) is 3.74. The van der Waals surface area contributed by atoms with Crippen molar-refractivity contribution in [1.29, 1.82) is 0 Å². The molecule has 0 aromatic rings. The van der Waals surface area contributed by atoms with Crippen molar-refractivity contribution in [2.75, 3.05) is 24.6 Å². The van der Waals surface area contributed by atoms with Crippen LogP contribution < -0.4 is 5.73 Å². The Labute approximate surface area is 92.7 Å². The molecule has 90 valence electrons. The zero-order valence-corrected chi connectivity index (χ0v) is 10.5. The van der Waals surface area contributed by atoms with Crippen LogP contribution in [0.15, 0.2) is 0 Å². The normalized spacial score (nSPS) is 25.3. The lowest BCUT2D eigenvalue weighted by molar-refractivity contribution is 0.166. The average molecular weight is 234 g/mol. The first kappa shape index (κ1) is 12.9. The molecule has 1 rings (SSSR count). The summed E-state index contributed by atoms with van der Waals surface area (Å²) in [5, 5.41) is 0. The van der Waals surface area contributed by atoms with Crippen LogP contribution in [0.2, 0.25) is 0 Å². The SMILES string of the molecule is CC(C)N(CCCN)C1CCS(=O)(=O)C1. The Morgan fingerprint density at radius 1 is 1.47 bits per heavy atom. The number of hydrogen-bond donors (Lipinski definition) is 1. The number of nitrogens with two attached hydrogens (primary N) is 1. The minimum atomic E-state index is -2.77. The predicted octanol–water partition coefficient (Wildman–Crippen LogP) is 0.233. The first-order valence-electron chi connectivity index (χ1n) is 5.62. The summed E-state index contributed by atoms with van der Waals surface area (Å²) in [6.45, 7) is 5.81. The summed E-state index contributed by atoms with van der Waals surface area (Å²) < 4.78 is 22.8. The van der Waals surface area contributed by atoms with Crippen LogP contribution in [0, 0.1) is 0 Å². The maximum Gasteiger partial charge on any atom is 0.151 e. The van der Waals surface area contributed by atoms with E-state index in [0.29, 0.717) is 24.1 Å². The summed E-state index contributed by atoms with van der Waals surface area (Å²) in [5.41, 5.74) is 5.48. The highest BCUT2D eigenvalue weighted by molar-refractivity contribution is 7.91. The molecule has 1 fully saturated rings. The van der Waals surface area contributed by atoms with Crippen LogP contribution in [-0.2, 0) is 9.84 Å². The molecule has 0 aromatic carbocycles. The lowest BCUT2D eigenvalue weighted by Crippen LogP contribution is -2.42. The molecule has 1 saturated heterocycles. The highest BCUT2D eigenvalue weighted by atomic mass is 32.2. The van der Waals surface area contributed by atoms with Gasteiger partial charge in [0.15, 0.2) is 9.84 Å². The number of hydrogen-bond acceptors (Lipinski definition) is 4. The van der Waals surface area contributed by atoms with E-state index < -0.39 is 9.84 Å². The van der Waals surface area contributed by atoms with Crippen molar-refractivity contribution in [3.05, 3.63) is 0 Å². The van der Waals surface area contributed by atoms with Gasteiger partial charge < -0.3 is 5.73 Å². The lowest BCUT2D eigenvalue weighted by atomic mass is 10.1. The molecule has 0 bridgehead atoms. The van der Waals surface area contributed by atoms with Crippen LogP contribution in [0.4, 0.5) is 0 Å². The molecule has 15 heavy (non-hydrogen) atoms. The fraction of sp³-hybridized carbons (Fsp3) is 1.00. The van der Waals surface area contributed by atoms with E-state index in [-0.39, 0.29) is 6.04 Å². The molecule has 0 spiro atoms. The molecule has 0 aliphatic carbocycles. The van der Waals surface area contributed by atoms with Gasteiger partial charge in [0.1, 0.15) is 0 Å². The molecular formula is C10H22N2O2S. The van der Waals surface area contributed by atoms with Gasteiger partial charge in [-0.1, -0.05) is 0 Å². The van der Waals surface area contributed by atoms with Gasteiger partial charge in [-0.2, -0.15) is 0 Å². The van der Waals surface area contributed by atoms with E-state index in [4.69, 9.17) is 5.73 Å². The summed E-state index contributed by atoms with van der Waals surface area (Å²) in [7, 11) is -2.77. The van der Waals surface area contributed by atoms with Crippen molar-refractivity contribution in [2.24, 2.45) is 5.73 Å². The van der Waals surface area contributed by atoms with Crippen LogP contribution >= 0.6 is 0 Å². The minimum absolute atomic E-state index is 0.210. The molecule has 0 aromatic heterocycles. The zero-order valence-electron chi connectivity index (χ0n) is 9.65. The average Bonchev–Trinajstić information content (AvgIpc) is 2.46. The molecule has 0 radical (unpaired) electrons. The van der Waals surface area contributed by atoms with E-state index >= 15 is 0 Å². The van der Waals surface area contributed by atoms with E-state index in [9.17, 15) is 8.42 Å². The van der Waals surface area contributed by atoms with Gasteiger partial charge >= 0.3 is 0 Å². The summed E-state index contributed by atoms with van der Waals surface area (Å²) in [4.78, 5) is 2.28. The molecule has 5 heteroatoms.